The van der Waals surface area contributed by atoms with Crippen molar-refractivity contribution in [1.29, 1.82) is 0 Å². The Hall–Kier alpha value is -2.09. The van der Waals surface area contributed by atoms with E-state index in [0.29, 0.717) is 0 Å². The van der Waals surface area contributed by atoms with Crippen molar-refractivity contribution in [2.24, 2.45) is 0 Å². The van der Waals surface area contributed by atoms with Gasteiger partial charge in [-0.3, -0.25) is 4.79 Å². The Morgan fingerprint density at radius 3 is 2.65 bits per heavy atom. The fourth-order valence-corrected chi connectivity index (χ4v) is 2.37. The number of carbonyl (C=O) groups is 1. The number of carbonyl (C=O) groups excluding carboxylic acids is 1. The van der Waals surface area contributed by atoms with E-state index in [9.17, 15) is 4.79 Å². The Bertz CT molecular complexity index is 548. The highest BCUT2D eigenvalue weighted by Gasteiger charge is 2.20. The zero-order valence-electron chi connectivity index (χ0n) is 9.47. The molecule has 0 saturated carbocycles. The van der Waals surface area contributed by atoms with Gasteiger partial charge in [0.1, 0.15) is 6.29 Å². The highest BCUT2D eigenvalue weighted by Crippen LogP contribution is 2.34. The predicted octanol–water partition coefficient (Wildman–Crippen LogP) is 3.19. The first-order chi connectivity index (χ1) is 8.38. The van der Waals surface area contributed by atoms with Gasteiger partial charge in [0.25, 0.3) is 0 Å². The van der Waals surface area contributed by atoms with Crippen molar-refractivity contribution in [3.05, 3.63) is 59.7 Å². The maximum absolute atomic E-state index is 10.7. The van der Waals surface area contributed by atoms with Gasteiger partial charge in [0.05, 0.1) is 0 Å². The highest BCUT2D eigenvalue weighted by atomic mass is 16.1. The monoisotopic (exact) mass is 223 g/mol. The molecule has 0 atom stereocenters. The summed E-state index contributed by atoms with van der Waals surface area (Å²) in [7, 11) is 0. The van der Waals surface area contributed by atoms with Crippen molar-refractivity contribution in [2.75, 3.05) is 11.4 Å². The molecule has 3 rings (SSSR count). The molecule has 1 aliphatic heterocycles. The van der Waals surface area contributed by atoms with Crippen molar-refractivity contribution in [1.82, 2.24) is 0 Å². The topological polar surface area (TPSA) is 20.3 Å². The van der Waals surface area contributed by atoms with E-state index in [0.717, 1.165) is 24.8 Å². The molecule has 2 aromatic carbocycles. The Kier molecular flexibility index (Phi) is 2.41. The quantitative estimate of drug-likeness (QED) is 0.729. The van der Waals surface area contributed by atoms with Crippen LogP contribution in [-0.2, 0) is 6.42 Å². The summed E-state index contributed by atoms with van der Waals surface area (Å²) in [5, 5.41) is 0. The van der Waals surface area contributed by atoms with Crippen molar-refractivity contribution in [2.45, 2.75) is 6.42 Å². The summed E-state index contributed by atoms with van der Waals surface area (Å²) >= 11 is 0. The van der Waals surface area contributed by atoms with Crippen LogP contribution >= 0.6 is 0 Å². The van der Waals surface area contributed by atoms with Crippen LogP contribution in [0.3, 0.4) is 0 Å². The van der Waals surface area contributed by atoms with E-state index in [1.54, 1.807) is 0 Å². The Morgan fingerprint density at radius 2 is 1.88 bits per heavy atom. The van der Waals surface area contributed by atoms with Gasteiger partial charge >= 0.3 is 0 Å². The van der Waals surface area contributed by atoms with E-state index in [1.807, 2.05) is 36.4 Å². The number of hydrogen-bond donors (Lipinski definition) is 0. The lowest BCUT2D eigenvalue weighted by Gasteiger charge is -2.19. The average Bonchev–Trinajstić information content (AvgIpc) is 2.82. The first kappa shape index (κ1) is 10.1. The number of nitrogens with zero attached hydrogens (tertiary/aromatic N) is 1. The standard InChI is InChI=1S/C15H13NO/c17-11-12-6-7-15-13(10-12)8-9-16(15)14-4-2-1-3-5-14/h1-7,10-11H,8-9H2. The van der Waals surface area contributed by atoms with Crippen LogP contribution in [0.5, 0.6) is 0 Å². The highest BCUT2D eigenvalue weighted by molar-refractivity contribution is 5.79. The lowest BCUT2D eigenvalue weighted by molar-refractivity contribution is 0.112. The molecule has 2 nitrogen and oxygen atoms in total. The van der Waals surface area contributed by atoms with Crippen LogP contribution < -0.4 is 4.90 Å². The lowest BCUT2D eigenvalue weighted by Crippen LogP contribution is -2.12. The Balaban J connectivity index is 2.02. The zero-order valence-corrected chi connectivity index (χ0v) is 9.47. The van der Waals surface area contributed by atoms with Crippen molar-refractivity contribution >= 4 is 17.7 Å². The average molecular weight is 223 g/mol. The molecule has 0 aromatic heterocycles. The van der Waals surface area contributed by atoms with E-state index in [2.05, 4.69) is 17.0 Å². The second-order valence-corrected chi connectivity index (χ2v) is 4.24. The van der Waals surface area contributed by atoms with E-state index >= 15 is 0 Å². The van der Waals surface area contributed by atoms with Crippen LogP contribution in [0, 0.1) is 0 Å². The smallest absolute Gasteiger partial charge is 0.150 e. The van der Waals surface area contributed by atoms with Crippen LogP contribution in [0.15, 0.2) is 48.5 Å². The van der Waals surface area contributed by atoms with Gasteiger partial charge in [-0.2, -0.15) is 0 Å². The largest absolute Gasteiger partial charge is 0.341 e. The minimum atomic E-state index is 0.763. The van der Waals surface area contributed by atoms with Crippen LogP contribution in [0.4, 0.5) is 11.4 Å². The van der Waals surface area contributed by atoms with Crippen LogP contribution in [-0.4, -0.2) is 12.8 Å². The minimum Gasteiger partial charge on any atom is -0.341 e. The van der Waals surface area contributed by atoms with E-state index in [1.165, 1.54) is 16.9 Å². The minimum absolute atomic E-state index is 0.763. The molecule has 0 fully saturated rings. The van der Waals surface area contributed by atoms with Crippen LogP contribution in [0.25, 0.3) is 0 Å². The number of aldehydes is 1. The van der Waals surface area contributed by atoms with Gasteiger partial charge in [-0.05, 0) is 42.3 Å². The van der Waals surface area contributed by atoms with Gasteiger partial charge in [0.2, 0.25) is 0 Å². The summed E-state index contributed by atoms with van der Waals surface area (Å²) in [4.78, 5) is 13.0. The van der Waals surface area contributed by atoms with E-state index in [-0.39, 0.29) is 0 Å². The molecule has 0 saturated heterocycles. The molecule has 0 bridgehead atoms. The summed E-state index contributed by atoms with van der Waals surface area (Å²) in [5.74, 6) is 0. The second kappa shape index (κ2) is 4.06. The van der Waals surface area contributed by atoms with E-state index < -0.39 is 0 Å². The molecular formula is C15H13NO. The fraction of sp³-hybridized carbons (Fsp3) is 0.133. The number of benzene rings is 2. The number of para-hydroxylation sites is 1. The molecule has 0 spiro atoms. The second-order valence-electron chi connectivity index (χ2n) is 4.24. The van der Waals surface area contributed by atoms with E-state index in [4.69, 9.17) is 0 Å². The molecule has 0 unspecified atom stereocenters. The molecule has 2 heteroatoms. The molecule has 0 aliphatic carbocycles. The lowest BCUT2D eigenvalue weighted by atomic mass is 10.1. The molecule has 84 valence electrons. The van der Waals surface area contributed by atoms with Crippen LogP contribution in [0.1, 0.15) is 15.9 Å². The van der Waals surface area contributed by atoms with Crippen molar-refractivity contribution in [3.63, 3.8) is 0 Å². The molecule has 0 radical (unpaired) electrons. The molecule has 0 N–H and O–H groups in total. The maximum atomic E-state index is 10.7. The predicted molar refractivity (Wildman–Crippen MR) is 69.0 cm³/mol. The molecular weight excluding hydrogens is 210 g/mol. The number of anilines is 2. The SMILES string of the molecule is O=Cc1ccc2c(c1)CCN2c1ccccc1. The van der Waals surface area contributed by atoms with Gasteiger partial charge in [0.15, 0.2) is 0 Å². The van der Waals surface area contributed by atoms with Gasteiger partial charge < -0.3 is 4.90 Å². The van der Waals surface area contributed by atoms with Gasteiger partial charge in [-0.15, -0.1) is 0 Å². The zero-order chi connectivity index (χ0) is 11.7. The number of fused-ring (bicyclic) bond motifs is 1. The van der Waals surface area contributed by atoms with Crippen molar-refractivity contribution in [3.8, 4) is 0 Å². The first-order valence-corrected chi connectivity index (χ1v) is 5.79. The fourth-order valence-electron chi connectivity index (χ4n) is 2.37. The normalized spacial score (nSPS) is 13.5. The summed E-state index contributed by atoms with van der Waals surface area (Å²) in [6, 6.07) is 16.3. The molecule has 1 aliphatic rings. The summed E-state index contributed by atoms with van der Waals surface area (Å²) in [6.45, 7) is 0.988. The Labute approximate surface area is 100 Å². The summed E-state index contributed by atoms with van der Waals surface area (Å²) < 4.78 is 0. The Morgan fingerprint density at radius 1 is 1.06 bits per heavy atom. The van der Waals surface area contributed by atoms with Gasteiger partial charge in [-0.25, -0.2) is 0 Å². The van der Waals surface area contributed by atoms with Crippen molar-refractivity contribution < 1.29 is 4.79 Å². The van der Waals surface area contributed by atoms with Gasteiger partial charge in [-0.1, -0.05) is 18.2 Å². The number of hydrogen-bond acceptors (Lipinski definition) is 2. The summed E-state index contributed by atoms with van der Waals surface area (Å²) in [6.07, 6.45) is 1.91. The molecule has 2 aromatic rings. The number of rotatable bonds is 2. The third kappa shape index (κ3) is 1.72. The maximum Gasteiger partial charge on any atom is 0.150 e. The summed E-state index contributed by atoms with van der Waals surface area (Å²) in [5.41, 5.74) is 4.46. The first-order valence-electron chi connectivity index (χ1n) is 5.79. The molecule has 1 heterocycles. The van der Waals surface area contributed by atoms with Crippen LogP contribution in [0.2, 0.25) is 0 Å². The molecule has 17 heavy (non-hydrogen) atoms. The molecule has 0 amide bonds. The third-order valence-electron chi connectivity index (χ3n) is 3.20. The van der Waals surface area contributed by atoms with Gasteiger partial charge in [0, 0.05) is 23.5 Å². The third-order valence-corrected chi connectivity index (χ3v) is 3.20.